The van der Waals surface area contributed by atoms with Crippen LogP contribution in [0.15, 0.2) is 36.5 Å². The summed E-state index contributed by atoms with van der Waals surface area (Å²) in [5, 5.41) is 8.84. The molecule has 4 atom stereocenters. The van der Waals surface area contributed by atoms with Gasteiger partial charge in [0.25, 0.3) is 11.2 Å². The van der Waals surface area contributed by atoms with Crippen molar-refractivity contribution in [3.8, 4) is 0 Å². The fourth-order valence-corrected chi connectivity index (χ4v) is 3.49. The monoisotopic (exact) mass is 698 g/mol. The molecule has 0 aromatic heterocycles. The van der Waals surface area contributed by atoms with Gasteiger partial charge in [-0.15, -0.1) is 0 Å². The van der Waals surface area contributed by atoms with Gasteiger partial charge in [0, 0.05) is 41.4 Å². The Morgan fingerprint density at radius 3 is 1.15 bits per heavy atom. The summed E-state index contributed by atoms with van der Waals surface area (Å²) in [6.45, 7) is 16.1. The predicted octanol–water partition coefficient (Wildman–Crippen LogP) is 6.78. The van der Waals surface area contributed by atoms with Gasteiger partial charge in [-0.05, 0) is 20.8 Å². The van der Waals surface area contributed by atoms with Gasteiger partial charge in [-0.3, -0.25) is 0 Å². The van der Waals surface area contributed by atoms with Gasteiger partial charge in [0.2, 0.25) is 6.29 Å². The maximum absolute atomic E-state index is 12.8. The van der Waals surface area contributed by atoms with Crippen LogP contribution in [0.3, 0.4) is 0 Å². The lowest BCUT2D eigenvalue weighted by Gasteiger charge is -2.32. The molecule has 8 nitrogen and oxygen atoms in total. The molecular formula is C26H30F12O8. The van der Waals surface area contributed by atoms with E-state index in [0.29, 0.717) is 0 Å². The zero-order valence-corrected chi connectivity index (χ0v) is 24.7. The van der Waals surface area contributed by atoms with Gasteiger partial charge in [-0.1, -0.05) is 33.6 Å². The largest absolute Gasteiger partial charge is 0.432 e. The number of halogens is 12. The molecule has 4 unspecified atom stereocenters. The third-order valence-electron chi connectivity index (χ3n) is 6.10. The van der Waals surface area contributed by atoms with Gasteiger partial charge in [0.05, 0.1) is 0 Å². The van der Waals surface area contributed by atoms with Crippen molar-refractivity contribution >= 4 is 17.9 Å². The lowest BCUT2D eigenvalue weighted by Crippen LogP contribution is -2.57. The highest BCUT2D eigenvalue weighted by Crippen LogP contribution is 2.55. The first-order chi connectivity index (χ1) is 20.3. The number of aliphatic hydroxyl groups excluding tert-OH is 1. The summed E-state index contributed by atoms with van der Waals surface area (Å²) >= 11 is 0. The highest BCUT2D eigenvalue weighted by molar-refractivity contribution is 6.00. The van der Waals surface area contributed by atoms with Crippen LogP contribution in [0.25, 0.3) is 0 Å². The van der Waals surface area contributed by atoms with Gasteiger partial charge < -0.3 is 24.1 Å². The number of rotatable bonds is 4. The van der Waals surface area contributed by atoms with Crippen LogP contribution >= 0.6 is 0 Å². The zero-order valence-electron chi connectivity index (χ0n) is 24.7. The van der Waals surface area contributed by atoms with Gasteiger partial charge in [0.1, 0.15) is 0 Å². The van der Waals surface area contributed by atoms with Crippen LogP contribution in [-0.2, 0) is 33.3 Å². The molecule has 2 saturated heterocycles. The third-order valence-corrected chi connectivity index (χ3v) is 6.10. The van der Waals surface area contributed by atoms with Crippen LogP contribution in [0.2, 0.25) is 0 Å². The Kier molecular flexibility index (Phi) is 13.7. The Morgan fingerprint density at radius 2 is 0.935 bits per heavy atom. The minimum absolute atomic E-state index is 0.155. The summed E-state index contributed by atoms with van der Waals surface area (Å²) in [7, 11) is 0. The van der Waals surface area contributed by atoms with Crippen molar-refractivity contribution in [2.45, 2.75) is 95.9 Å². The Balaban J connectivity index is 0.000000692. The normalized spacial score (nSPS) is 24.0. The van der Waals surface area contributed by atoms with Gasteiger partial charge >= 0.3 is 42.6 Å². The summed E-state index contributed by atoms with van der Waals surface area (Å²) in [4.78, 5) is 32.5. The van der Waals surface area contributed by atoms with Crippen LogP contribution in [0.5, 0.6) is 0 Å². The molecule has 2 rings (SSSR count). The van der Waals surface area contributed by atoms with Crippen LogP contribution in [0, 0.1) is 11.8 Å². The van der Waals surface area contributed by atoms with Crippen molar-refractivity contribution in [3.63, 3.8) is 0 Å². The standard InChI is InChI=1S/C11H12F6O3.C8H10O3.C7H8F6O2/c1-5(2)7(18)19-8-6(3)4-9(20-8,10(12,13)14)11(15,16)17;1-5(2)7(9)11-8(10)6(3)4;1-3-2-5(6(8,9)10,7(11,12)13)15-4(3)14/h6,8H,1,4H2,2-3H3;1,3H2,2,4H3;3-4,14H,2H2,1H3. The van der Waals surface area contributed by atoms with Crippen molar-refractivity contribution in [1.29, 1.82) is 0 Å². The second-order valence-electron chi connectivity index (χ2n) is 10.4. The molecule has 2 aliphatic rings. The van der Waals surface area contributed by atoms with Crippen LogP contribution in [0.4, 0.5) is 52.7 Å². The van der Waals surface area contributed by atoms with Gasteiger partial charge in [-0.2, -0.15) is 52.7 Å². The molecule has 0 bridgehead atoms. The molecule has 20 heteroatoms. The van der Waals surface area contributed by atoms with Crippen LogP contribution in [-0.4, -0.2) is 71.5 Å². The summed E-state index contributed by atoms with van der Waals surface area (Å²) in [6.07, 6.45) is -29.2. The molecule has 46 heavy (non-hydrogen) atoms. The summed E-state index contributed by atoms with van der Waals surface area (Å²) in [5.74, 6) is -5.01. The van der Waals surface area contributed by atoms with E-state index in [0.717, 1.165) is 13.8 Å². The van der Waals surface area contributed by atoms with Crippen molar-refractivity contribution < 1.29 is 91.1 Å². The molecule has 0 aromatic carbocycles. The molecule has 2 aliphatic heterocycles. The maximum atomic E-state index is 12.8. The fraction of sp³-hybridized carbons (Fsp3) is 0.654. The van der Waals surface area contributed by atoms with E-state index < -0.39 is 91.1 Å². The number of ether oxygens (including phenoxy) is 4. The molecule has 0 spiro atoms. The zero-order chi connectivity index (χ0) is 37.0. The summed E-state index contributed by atoms with van der Waals surface area (Å²) < 4.78 is 167. The van der Waals surface area contributed by atoms with E-state index in [2.05, 4.69) is 38.7 Å². The molecule has 1 N–H and O–H groups in total. The maximum Gasteiger partial charge on any atom is 0.426 e. The molecule has 0 saturated carbocycles. The molecule has 2 heterocycles. The second kappa shape index (κ2) is 14.7. The number of carbonyl (C=O) groups is 3. The van der Waals surface area contributed by atoms with E-state index in [1.807, 2.05) is 0 Å². The molecule has 2 fully saturated rings. The van der Waals surface area contributed by atoms with Crippen molar-refractivity contribution in [2.75, 3.05) is 0 Å². The Morgan fingerprint density at radius 1 is 0.630 bits per heavy atom. The number of carbonyl (C=O) groups excluding carboxylic acids is 3. The number of hydrogen-bond acceptors (Lipinski definition) is 8. The first-order valence-corrected chi connectivity index (χ1v) is 12.5. The predicted molar refractivity (Wildman–Crippen MR) is 131 cm³/mol. The van der Waals surface area contributed by atoms with Crippen molar-refractivity contribution in [3.05, 3.63) is 36.5 Å². The smallest absolute Gasteiger partial charge is 0.426 e. The van der Waals surface area contributed by atoms with Gasteiger partial charge in [-0.25, -0.2) is 14.4 Å². The van der Waals surface area contributed by atoms with E-state index in [1.54, 1.807) is 0 Å². The second-order valence-corrected chi connectivity index (χ2v) is 10.4. The first-order valence-electron chi connectivity index (χ1n) is 12.5. The minimum atomic E-state index is -5.66. The number of hydrogen-bond donors (Lipinski definition) is 1. The number of esters is 3. The average molecular weight is 698 g/mol. The summed E-state index contributed by atoms with van der Waals surface area (Å²) in [6, 6.07) is 0. The number of aliphatic hydroxyl groups is 1. The minimum Gasteiger partial charge on any atom is -0.432 e. The van der Waals surface area contributed by atoms with Crippen LogP contribution < -0.4 is 0 Å². The first kappa shape index (κ1) is 42.9. The lowest BCUT2D eigenvalue weighted by atomic mass is 9.93. The van der Waals surface area contributed by atoms with E-state index in [4.69, 9.17) is 5.11 Å². The van der Waals surface area contributed by atoms with E-state index >= 15 is 0 Å². The fourth-order valence-electron chi connectivity index (χ4n) is 3.49. The average Bonchev–Trinajstić information content (AvgIpc) is 3.36. The number of alkyl halides is 12. The molecule has 0 amide bonds. The molecule has 0 radical (unpaired) electrons. The SMILES string of the molecule is C=C(C)C(=O)OC(=O)C(=C)C.C=C(C)C(=O)OC1OC(C(F)(F)F)(C(F)(F)F)CC1C.CC1CC(C(F)(F)F)(C(F)(F)F)OC1O. The summed E-state index contributed by atoms with van der Waals surface area (Å²) in [5.41, 5.74) is -8.32. The Hall–Kier alpha value is -3.13. The Labute approximate surface area is 254 Å². The van der Waals surface area contributed by atoms with E-state index in [9.17, 15) is 67.1 Å². The quantitative estimate of drug-likeness (QED) is 0.148. The Bertz CT molecular complexity index is 1100. The third kappa shape index (κ3) is 9.93. The molecular weight excluding hydrogens is 668 g/mol. The van der Waals surface area contributed by atoms with Crippen molar-refractivity contribution in [1.82, 2.24) is 0 Å². The van der Waals surface area contributed by atoms with Crippen molar-refractivity contribution in [2.24, 2.45) is 11.8 Å². The topological polar surface area (TPSA) is 108 Å². The van der Waals surface area contributed by atoms with E-state index in [-0.39, 0.29) is 16.7 Å². The van der Waals surface area contributed by atoms with E-state index in [1.165, 1.54) is 20.8 Å². The molecule has 0 aromatic rings. The lowest BCUT2D eigenvalue weighted by molar-refractivity contribution is -0.385. The highest BCUT2D eigenvalue weighted by atomic mass is 19.4. The van der Waals surface area contributed by atoms with Crippen LogP contribution in [0.1, 0.15) is 47.5 Å². The highest BCUT2D eigenvalue weighted by Gasteiger charge is 2.77. The van der Waals surface area contributed by atoms with Gasteiger partial charge in [0.15, 0.2) is 6.29 Å². The molecule has 266 valence electrons. The molecule has 0 aliphatic carbocycles.